The van der Waals surface area contributed by atoms with Crippen LogP contribution in [0.4, 0.5) is 5.13 Å². The number of halogens is 1. The van der Waals surface area contributed by atoms with Gasteiger partial charge in [-0.25, -0.2) is 4.98 Å². The fourth-order valence-electron chi connectivity index (χ4n) is 2.17. The van der Waals surface area contributed by atoms with E-state index in [0.717, 1.165) is 27.2 Å². The van der Waals surface area contributed by atoms with Gasteiger partial charge in [0.05, 0.1) is 14.4 Å². The quantitative estimate of drug-likeness (QED) is 0.777. The number of allylic oxidation sites excluding steroid dienone is 2. The lowest BCUT2D eigenvalue weighted by molar-refractivity contribution is -0.116. The van der Waals surface area contributed by atoms with Crippen LogP contribution in [-0.4, -0.2) is 10.9 Å². The Bertz CT molecular complexity index is 647. The molecule has 0 aromatic carbocycles. The summed E-state index contributed by atoms with van der Waals surface area (Å²) in [4.78, 5) is 17.5. The van der Waals surface area contributed by atoms with Crippen LogP contribution in [-0.2, 0) is 4.79 Å². The molecule has 6 heteroatoms. The number of amides is 1. The second-order valence-electron chi connectivity index (χ2n) is 4.66. The van der Waals surface area contributed by atoms with Crippen molar-refractivity contribution in [2.24, 2.45) is 5.92 Å². The number of nitrogens with zero attached hydrogens (tertiary/aromatic N) is 1. The third kappa shape index (κ3) is 3.37. The molecule has 1 atom stereocenters. The zero-order valence-corrected chi connectivity index (χ0v) is 13.9. The van der Waals surface area contributed by atoms with Gasteiger partial charge in [0, 0.05) is 11.8 Å². The fourth-order valence-corrected chi connectivity index (χ4v) is 4.32. The lowest BCUT2D eigenvalue weighted by Gasteiger charge is -2.06. The molecule has 1 aliphatic carbocycles. The minimum atomic E-state index is 0.0508. The summed E-state index contributed by atoms with van der Waals surface area (Å²) in [5, 5.41) is 5.55. The Morgan fingerprint density at radius 1 is 1.50 bits per heavy atom. The summed E-state index contributed by atoms with van der Waals surface area (Å²) in [5.41, 5.74) is 0.918. The van der Waals surface area contributed by atoms with Crippen molar-refractivity contribution in [3.63, 3.8) is 0 Å². The van der Waals surface area contributed by atoms with Crippen LogP contribution in [0.5, 0.6) is 0 Å². The molecule has 0 spiro atoms. The van der Waals surface area contributed by atoms with Crippen molar-refractivity contribution < 1.29 is 4.79 Å². The Hall–Kier alpha value is -0.980. The number of thiophene rings is 1. The minimum absolute atomic E-state index is 0.0508. The second kappa shape index (κ2) is 6.20. The first-order valence-electron chi connectivity index (χ1n) is 6.38. The summed E-state index contributed by atoms with van der Waals surface area (Å²) in [7, 11) is 0. The van der Waals surface area contributed by atoms with Crippen molar-refractivity contribution in [2.75, 3.05) is 5.32 Å². The molecule has 3 nitrogen and oxygen atoms in total. The van der Waals surface area contributed by atoms with Gasteiger partial charge in [0.1, 0.15) is 0 Å². The summed E-state index contributed by atoms with van der Waals surface area (Å²) in [5.74, 6) is 0.442. The van der Waals surface area contributed by atoms with E-state index in [9.17, 15) is 4.79 Å². The smallest absolute Gasteiger partial charge is 0.226 e. The van der Waals surface area contributed by atoms with E-state index in [1.807, 2.05) is 17.5 Å². The molecule has 0 fully saturated rings. The average Bonchev–Trinajstić information content (AvgIpc) is 3.10. The van der Waals surface area contributed by atoms with Crippen molar-refractivity contribution in [2.45, 2.75) is 19.3 Å². The molecular formula is C14H13BrN2OS2. The second-order valence-corrected chi connectivity index (χ2v) is 7.98. The number of carbonyl (C=O) groups excluding carboxylic acids is 1. The van der Waals surface area contributed by atoms with Crippen LogP contribution < -0.4 is 5.32 Å². The van der Waals surface area contributed by atoms with Crippen molar-refractivity contribution in [1.29, 1.82) is 0 Å². The van der Waals surface area contributed by atoms with Crippen LogP contribution in [0.15, 0.2) is 33.5 Å². The topological polar surface area (TPSA) is 42.0 Å². The first kappa shape index (κ1) is 14.0. The maximum absolute atomic E-state index is 11.9. The monoisotopic (exact) mass is 368 g/mol. The molecule has 0 aliphatic heterocycles. The molecular weight excluding hydrogens is 356 g/mol. The molecule has 1 amide bonds. The van der Waals surface area contributed by atoms with Crippen molar-refractivity contribution in [1.82, 2.24) is 4.98 Å². The summed E-state index contributed by atoms with van der Waals surface area (Å²) >= 11 is 6.55. The number of carbonyl (C=O) groups is 1. The number of nitrogens with one attached hydrogen (secondary N) is 1. The van der Waals surface area contributed by atoms with Crippen LogP contribution >= 0.6 is 38.6 Å². The molecule has 2 aromatic heterocycles. The Labute approximate surface area is 133 Å². The average molecular weight is 369 g/mol. The standard InChI is InChI=1S/C14H13BrN2OS2/c15-12-6-5-11(20-12)10-8-19-14(16-10)17-13(18)7-9-3-1-2-4-9/h1,3,5-6,8-9H,2,4,7H2,(H,16,17,18). The van der Waals surface area contributed by atoms with E-state index in [-0.39, 0.29) is 5.91 Å². The van der Waals surface area contributed by atoms with Gasteiger partial charge < -0.3 is 5.32 Å². The van der Waals surface area contributed by atoms with Crippen molar-refractivity contribution in [3.8, 4) is 10.6 Å². The van der Waals surface area contributed by atoms with Gasteiger partial charge >= 0.3 is 0 Å². The van der Waals surface area contributed by atoms with Crippen molar-refractivity contribution >= 4 is 49.6 Å². The molecule has 1 aliphatic rings. The van der Waals surface area contributed by atoms with Gasteiger partial charge in [-0.15, -0.1) is 22.7 Å². The third-order valence-electron chi connectivity index (χ3n) is 3.14. The predicted molar refractivity (Wildman–Crippen MR) is 88.2 cm³/mol. The number of rotatable bonds is 4. The van der Waals surface area contributed by atoms with Gasteiger partial charge in [0.25, 0.3) is 0 Å². The Morgan fingerprint density at radius 2 is 2.40 bits per heavy atom. The minimum Gasteiger partial charge on any atom is -0.302 e. The molecule has 1 N–H and O–H groups in total. The van der Waals surface area contributed by atoms with E-state index < -0.39 is 0 Å². The van der Waals surface area contributed by atoms with E-state index >= 15 is 0 Å². The van der Waals surface area contributed by atoms with E-state index in [4.69, 9.17) is 0 Å². The van der Waals surface area contributed by atoms with Gasteiger partial charge in [-0.2, -0.15) is 0 Å². The molecule has 0 saturated heterocycles. The first-order valence-corrected chi connectivity index (χ1v) is 8.87. The largest absolute Gasteiger partial charge is 0.302 e. The highest BCUT2D eigenvalue weighted by atomic mass is 79.9. The van der Waals surface area contributed by atoms with Gasteiger partial charge in [-0.3, -0.25) is 4.79 Å². The summed E-state index contributed by atoms with van der Waals surface area (Å²) in [6.07, 6.45) is 7.01. The highest BCUT2D eigenvalue weighted by Gasteiger charge is 2.15. The highest BCUT2D eigenvalue weighted by molar-refractivity contribution is 9.11. The first-order chi connectivity index (χ1) is 9.70. The summed E-state index contributed by atoms with van der Waals surface area (Å²) < 4.78 is 1.08. The van der Waals surface area contributed by atoms with Gasteiger partial charge in [0.2, 0.25) is 5.91 Å². The molecule has 0 radical (unpaired) electrons. The SMILES string of the molecule is O=C(CC1C=CCC1)Nc1nc(-c2ccc(Br)s2)cs1. The number of hydrogen-bond acceptors (Lipinski definition) is 4. The predicted octanol–water partition coefficient (Wildman–Crippen LogP) is 4.93. The van der Waals surface area contributed by atoms with Crippen LogP contribution in [0, 0.1) is 5.92 Å². The Morgan fingerprint density at radius 3 is 3.10 bits per heavy atom. The normalized spacial score (nSPS) is 17.6. The molecule has 104 valence electrons. The molecule has 0 bridgehead atoms. The van der Waals surface area contributed by atoms with Crippen LogP contribution in [0.1, 0.15) is 19.3 Å². The number of aromatic nitrogens is 1. The van der Waals surface area contributed by atoms with Crippen LogP contribution in [0.25, 0.3) is 10.6 Å². The lowest BCUT2D eigenvalue weighted by atomic mass is 10.1. The zero-order chi connectivity index (χ0) is 13.9. The van der Waals surface area contributed by atoms with E-state index in [1.165, 1.54) is 11.3 Å². The lowest BCUT2D eigenvalue weighted by Crippen LogP contribution is -2.14. The van der Waals surface area contributed by atoms with Crippen LogP contribution in [0.2, 0.25) is 0 Å². The zero-order valence-electron chi connectivity index (χ0n) is 10.6. The van der Waals surface area contributed by atoms with Crippen molar-refractivity contribution in [3.05, 3.63) is 33.5 Å². The van der Waals surface area contributed by atoms with Gasteiger partial charge in [-0.1, -0.05) is 12.2 Å². The summed E-state index contributed by atoms with van der Waals surface area (Å²) in [6, 6.07) is 4.03. The fraction of sp³-hybridized carbons (Fsp3) is 0.286. The molecule has 2 heterocycles. The molecule has 20 heavy (non-hydrogen) atoms. The van der Waals surface area contributed by atoms with Gasteiger partial charge in [0.15, 0.2) is 5.13 Å². The Kier molecular flexibility index (Phi) is 4.33. The Balaban J connectivity index is 1.62. The molecule has 3 rings (SSSR count). The van der Waals surface area contributed by atoms with E-state index in [1.54, 1.807) is 11.3 Å². The van der Waals surface area contributed by atoms with Gasteiger partial charge in [-0.05, 0) is 46.8 Å². The number of hydrogen-bond donors (Lipinski definition) is 1. The molecule has 2 aromatic rings. The maximum atomic E-state index is 11.9. The van der Waals surface area contributed by atoms with E-state index in [0.29, 0.717) is 17.5 Å². The third-order valence-corrected chi connectivity index (χ3v) is 5.54. The molecule has 0 saturated carbocycles. The number of thiazole rings is 1. The highest BCUT2D eigenvalue weighted by Crippen LogP contribution is 2.33. The summed E-state index contributed by atoms with van der Waals surface area (Å²) in [6.45, 7) is 0. The molecule has 1 unspecified atom stereocenters. The van der Waals surface area contributed by atoms with E-state index in [2.05, 4.69) is 38.4 Å². The maximum Gasteiger partial charge on any atom is 0.226 e. The van der Waals surface area contributed by atoms with Crippen LogP contribution in [0.3, 0.4) is 0 Å². The number of anilines is 1.